The average molecular weight is 289 g/mol. The van der Waals surface area contributed by atoms with Crippen LogP contribution in [-0.2, 0) is 6.42 Å². The maximum Gasteiger partial charge on any atom is 0.0420 e. The van der Waals surface area contributed by atoms with Crippen LogP contribution in [-0.4, -0.2) is 29.6 Å². The second kappa shape index (κ2) is 7.25. The van der Waals surface area contributed by atoms with Gasteiger partial charge in [-0.1, -0.05) is 6.92 Å². The van der Waals surface area contributed by atoms with E-state index in [-0.39, 0.29) is 0 Å². The Morgan fingerprint density at radius 3 is 2.87 bits per heavy atom. The topological polar surface area (TPSA) is 24.9 Å². The minimum Gasteiger partial charge on any atom is -0.313 e. The molecule has 1 unspecified atom stereocenters. The zero-order valence-corrected chi connectivity index (χ0v) is 11.6. The van der Waals surface area contributed by atoms with Gasteiger partial charge < -0.3 is 5.32 Å². The molecule has 84 valence electrons. The molecule has 4 heteroatoms. The molecule has 0 amide bonds. The molecule has 0 radical (unpaired) electrons. The number of rotatable bonds is 6. The highest BCUT2D eigenvalue weighted by atomic mass is 79.9. The highest BCUT2D eigenvalue weighted by Crippen LogP contribution is 2.10. The number of halogens is 1. The molecule has 0 bridgehead atoms. The molecule has 0 saturated carbocycles. The fourth-order valence-corrected chi connectivity index (χ4v) is 2.33. The molecule has 2 nitrogen and oxygen atoms in total. The largest absolute Gasteiger partial charge is 0.313 e. The summed E-state index contributed by atoms with van der Waals surface area (Å²) in [6, 6.07) is 4.65. The van der Waals surface area contributed by atoms with Crippen molar-refractivity contribution in [2.24, 2.45) is 0 Å². The highest BCUT2D eigenvalue weighted by molar-refractivity contribution is 9.10. The van der Waals surface area contributed by atoms with Crippen molar-refractivity contribution in [1.29, 1.82) is 0 Å². The molecule has 1 atom stereocenters. The van der Waals surface area contributed by atoms with Crippen LogP contribution in [0.15, 0.2) is 22.8 Å². The molecule has 1 rings (SSSR count). The van der Waals surface area contributed by atoms with Gasteiger partial charge in [-0.05, 0) is 40.9 Å². The van der Waals surface area contributed by atoms with Gasteiger partial charge in [-0.2, -0.15) is 11.8 Å². The van der Waals surface area contributed by atoms with Crippen molar-refractivity contribution in [2.75, 3.05) is 18.6 Å². The molecule has 1 N–H and O–H groups in total. The molecule has 0 fully saturated rings. The molecule has 1 aromatic rings. The summed E-state index contributed by atoms with van der Waals surface area (Å²) in [6.45, 7) is 3.16. The van der Waals surface area contributed by atoms with Crippen molar-refractivity contribution in [1.82, 2.24) is 10.3 Å². The number of thioether (sulfide) groups is 1. The molecule has 0 saturated heterocycles. The van der Waals surface area contributed by atoms with Crippen molar-refractivity contribution < 1.29 is 0 Å². The summed E-state index contributed by atoms with van der Waals surface area (Å²) in [5.41, 5.74) is 1.15. The smallest absolute Gasteiger partial charge is 0.0420 e. The van der Waals surface area contributed by atoms with E-state index in [1.54, 1.807) is 0 Å². The monoisotopic (exact) mass is 288 g/mol. The van der Waals surface area contributed by atoms with Gasteiger partial charge in [0.15, 0.2) is 0 Å². The van der Waals surface area contributed by atoms with E-state index in [0.717, 1.165) is 28.9 Å². The van der Waals surface area contributed by atoms with E-state index in [9.17, 15) is 0 Å². The molecular formula is C11H17BrN2S. The van der Waals surface area contributed by atoms with Gasteiger partial charge in [0.1, 0.15) is 0 Å². The van der Waals surface area contributed by atoms with Gasteiger partial charge in [0, 0.05) is 34.6 Å². The van der Waals surface area contributed by atoms with Crippen LogP contribution in [0.25, 0.3) is 0 Å². The summed E-state index contributed by atoms with van der Waals surface area (Å²) in [5.74, 6) is 1.13. The predicted octanol–water partition coefficient (Wildman–Crippen LogP) is 2.73. The first-order chi connectivity index (χ1) is 7.26. The lowest BCUT2D eigenvalue weighted by molar-refractivity contribution is 0.567. The first kappa shape index (κ1) is 13.0. The molecular weight excluding hydrogens is 272 g/mol. The number of hydrogen-bond donors (Lipinski definition) is 1. The van der Waals surface area contributed by atoms with E-state index in [0.29, 0.717) is 6.04 Å². The van der Waals surface area contributed by atoms with Crippen LogP contribution >= 0.6 is 27.7 Å². The van der Waals surface area contributed by atoms with Gasteiger partial charge >= 0.3 is 0 Å². The second-order valence-electron chi connectivity index (χ2n) is 3.38. The SMILES string of the molecule is CCNC(CSC)Cc1ccc(Br)cn1. The van der Waals surface area contributed by atoms with Crippen molar-refractivity contribution >= 4 is 27.7 Å². The Labute approximate surface area is 104 Å². The van der Waals surface area contributed by atoms with Crippen molar-refractivity contribution in [2.45, 2.75) is 19.4 Å². The third kappa shape index (κ3) is 5.00. The highest BCUT2D eigenvalue weighted by Gasteiger charge is 2.07. The average Bonchev–Trinajstić information content (AvgIpc) is 2.22. The number of nitrogens with one attached hydrogen (secondary N) is 1. The first-order valence-corrected chi connectivity index (χ1v) is 7.27. The minimum absolute atomic E-state index is 0.527. The number of hydrogen-bond acceptors (Lipinski definition) is 3. The number of likely N-dealkylation sites (N-methyl/N-ethyl adjacent to an activating group) is 1. The predicted molar refractivity (Wildman–Crippen MR) is 71.5 cm³/mol. The van der Waals surface area contributed by atoms with E-state index in [2.05, 4.69) is 45.5 Å². The quantitative estimate of drug-likeness (QED) is 0.871. The lowest BCUT2D eigenvalue weighted by Crippen LogP contribution is -2.33. The van der Waals surface area contributed by atoms with E-state index < -0.39 is 0 Å². The summed E-state index contributed by atoms with van der Waals surface area (Å²) in [5, 5.41) is 3.47. The maximum atomic E-state index is 4.39. The van der Waals surface area contributed by atoms with Gasteiger partial charge in [0.25, 0.3) is 0 Å². The first-order valence-electron chi connectivity index (χ1n) is 5.09. The fraction of sp³-hybridized carbons (Fsp3) is 0.545. The Kier molecular flexibility index (Phi) is 6.29. The van der Waals surface area contributed by atoms with E-state index >= 15 is 0 Å². The summed E-state index contributed by atoms with van der Waals surface area (Å²) >= 11 is 5.26. The van der Waals surface area contributed by atoms with Crippen molar-refractivity contribution in [3.8, 4) is 0 Å². The zero-order valence-electron chi connectivity index (χ0n) is 9.16. The van der Waals surface area contributed by atoms with E-state index in [1.807, 2.05) is 24.0 Å². The van der Waals surface area contributed by atoms with Crippen molar-refractivity contribution in [3.63, 3.8) is 0 Å². The Morgan fingerprint density at radius 2 is 2.33 bits per heavy atom. The van der Waals surface area contributed by atoms with E-state index in [1.165, 1.54) is 0 Å². The molecule has 1 heterocycles. The van der Waals surface area contributed by atoms with Gasteiger partial charge in [-0.15, -0.1) is 0 Å². The molecule has 0 aliphatic heterocycles. The van der Waals surface area contributed by atoms with Crippen LogP contribution in [0.1, 0.15) is 12.6 Å². The Morgan fingerprint density at radius 1 is 1.53 bits per heavy atom. The standard InChI is InChI=1S/C11H17BrN2S/c1-3-13-11(8-15-2)6-10-5-4-9(12)7-14-10/h4-5,7,11,13H,3,6,8H2,1-2H3. The summed E-state index contributed by atoms with van der Waals surface area (Å²) in [4.78, 5) is 4.39. The molecule has 1 aromatic heterocycles. The Bertz CT molecular complexity index is 270. The van der Waals surface area contributed by atoms with Crippen LogP contribution in [0.2, 0.25) is 0 Å². The third-order valence-corrected chi connectivity index (χ3v) is 3.31. The van der Waals surface area contributed by atoms with Crippen molar-refractivity contribution in [3.05, 3.63) is 28.5 Å². The third-order valence-electron chi connectivity index (χ3n) is 2.10. The van der Waals surface area contributed by atoms with Crippen LogP contribution in [0.4, 0.5) is 0 Å². The molecule has 0 aliphatic carbocycles. The number of aromatic nitrogens is 1. The molecule has 0 aromatic carbocycles. The molecule has 0 aliphatic rings. The van der Waals surface area contributed by atoms with Gasteiger partial charge in [-0.3, -0.25) is 4.98 Å². The molecule has 15 heavy (non-hydrogen) atoms. The van der Waals surface area contributed by atoms with Gasteiger partial charge in [-0.25, -0.2) is 0 Å². The van der Waals surface area contributed by atoms with Crippen LogP contribution in [0.3, 0.4) is 0 Å². The normalized spacial score (nSPS) is 12.7. The summed E-state index contributed by atoms with van der Waals surface area (Å²) in [7, 11) is 0. The maximum absolute atomic E-state index is 4.39. The van der Waals surface area contributed by atoms with Crippen LogP contribution < -0.4 is 5.32 Å². The summed E-state index contributed by atoms with van der Waals surface area (Å²) < 4.78 is 1.04. The van der Waals surface area contributed by atoms with Crippen LogP contribution in [0, 0.1) is 0 Å². The Balaban J connectivity index is 2.53. The van der Waals surface area contributed by atoms with Gasteiger partial charge in [0.05, 0.1) is 0 Å². The van der Waals surface area contributed by atoms with Crippen LogP contribution in [0.5, 0.6) is 0 Å². The second-order valence-corrected chi connectivity index (χ2v) is 5.21. The minimum atomic E-state index is 0.527. The number of pyridine rings is 1. The summed E-state index contributed by atoms with van der Waals surface area (Å²) in [6.07, 6.45) is 5.00. The number of nitrogens with zero attached hydrogens (tertiary/aromatic N) is 1. The lowest BCUT2D eigenvalue weighted by Gasteiger charge is -2.16. The lowest BCUT2D eigenvalue weighted by atomic mass is 10.1. The van der Waals surface area contributed by atoms with Gasteiger partial charge in [0.2, 0.25) is 0 Å². The Hall–Kier alpha value is -0.0600. The fourth-order valence-electron chi connectivity index (χ4n) is 1.46. The molecule has 0 spiro atoms. The van der Waals surface area contributed by atoms with E-state index in [4.69, 9.17) is 0 Å². The zero-order chi connectivity index (χ0) is 11.1.